The average Bonchev–Trinajstić information content (AvgIpc) is 2.11. The van der Waals surface area contributed by atoms with E-state index in [1.807, 2.05) is 6.26 Å². The predicted molar refractivity (Wildman–Crippen MR) is 56.1 cm³/mol. The van der Waals surface area contributed by atoms with Gasteiger partial charge in [-0.1, -0.05) is 6.92 Å². The molecule has 0 fully saturated rings. The summed E-state index contributed by atoms with van der Waals surface area (Å²) in [4.78, 5) is 10.4. The molecule has 0 saturated heterocycles. The van der Waals surface area contributed by atoms with Gasteiger partial charge in [-0.05, 0) is 12.7 Å². The van der Waals surface area contributed by atoms with E-state index in [0.29, 0.717) is 12.6 Å². The SMILES string of the molecule is CCC(CSC)NCC(N)C(=O)O. The highest BCUT2D eigenvalue weighted by Gasteiger charge is 2.13. The summed E-state index contributed by atoms with van der Waals surface area (Å²) in [6.07, 6.45) is 3.02. The van der Waals surface area contributed by atoms with E-state index in [1.165, 1.54) is 0 Å². The van der Waals surface area contributed by atoms with Gasteiger partial charge in [-0.2, -0.15) is 11.8 Å². The normalized spacial score (nSPS) is 15.3. The summed E-state index contributed by atoms with van der Waals surface area (Å²) < 4.78 is 0. The molecule has 0 bridgehead atoms. The van der Waals surface area contributed by atoms with Crippen LogP contribution in [0.4, 0.5) is 0 Å². The Kier molecular flexibility index (Phi) is 7.03. The quantitative estimate of drug-likeness (QED) is 0.552. The average molecular weight is 206 g/mol. The number of nitrogens with one attached hydrogen (secondary N) is 1. The van der Waals surface area contributed by atoms with Crippen LogP contribution in [0.1, 0.15) is 13.3 Å². The van der Waals surface area contributed by atoms with Gasteiger partial charge in [-0.25, -0.2) is 0 Å². The minimum atomic E-state index is -0.952. The molecule has 2 atom stereocenters. The zero-order valence-corrected chi connectivity index (χ0v) is 8.93. The van der Waals surface area contributed by atoms with Gasteiger partial charge in [0.25, 0.3) is 0 Å². The largest absolute Gasteiger partial charge is 0.480 e. The summed E-state index contributed by atoms with van der Waals surface area (Å²) in [6, 6.07) is -0.434. The highest BCUT2D eigenvalue weighted by Crippen LogP contribution is 2.00. The Morgan fingerprint density at radius 3 is 2.69 bits per heavy atom. The number of rotatable bonds is 7. The molecule has 13 heavy (non-hydrogen) atoms. The number of carboxylic acids is 1. The van der Waals surface area contributed by atoms with E-state index in [-0.39, 0.29) is 0 Å². The van der Waals surface area contributed by atoms with Gasteiger partial charge in [0.1, 0.15) is 6.04 Å². The van der Waals surface area contributed by atoms with Crippen LogP contribution in [-0.2, 0) is 4.79 Å². The lowest BCUT2D eigenvalue weighted by atomic mass is 10.2. The van der Waals surface area contributed by atoms with Crippen molar-refractivity contribution in [1.29, 1.82) is 0 Å². The number of hydrogen-bond acceptors (Lipinski definition) is 4. The minimum Gasteiger partial charge on any atom is -0.480 e. The highest BCUT2D eigenvalue weighted by molar-refractivity contribution is 7.98. The summed E-state index contributed by atoms with van der Waals surface area (Å²) in [6.45, 7) is 2.41. The summed E-state index contributed by atoms with van der Waals surface area (Å²) >= 11 is 1.74. The second kappa shape index (κ2) is 7.17. The topological polar surface area (TPSA) is 75.3 Å². The Hall–Kier alpha value is -0.260. The van der Waals surface area contributed by atoms with Crippen molar-refractivity contribution in [1.82, 2.24) is 5.32 Å². The summed E-state index contributed by atoms with van der Waals surface area (Å²) in [5.74, 6) is 0.0366. The van der Waals surface area contributed by atoms with E-state index in [0.717, 1.165) is 12.2 Å². The van der Waals surface area contributed by atoms with Crippen molar-refractivity contribution in [3.8, 4) is 0 Å². The smallest absolute Gasteiger partial charge is 0.321 e. The number of hydrogen-bond donors (Lipinski definition) is 3. The fraction of sp³-hybridized carbons (Fsp3) is 0.875. The Morgan fingerprint density at radius 2 is 2.31 bits per heavy atom. The molecule has 5 heteroatoms. The third-order valence-electron chi connectivity index (χ3n) is 1.80. The van der Waals surface area contributed by atoms with Gasteiger partial charge < -0.3 is 16.2 Å². The van der Waals surface area contributed by atoms with Gasteiger partial charge in [0.15, 0.2) is 0 Å². The van der Waals surface area contributed by atoms with Crippen molar-refractivity contribution in [2.24, 2.45) is 5.73 Å². The number of aliphatic carboxylic acids is 1. The molecule has 2 unspecified atom stereocenters. The van der Waals surface area contributed by atoms with E-state index in [1.54, 1.807) is 11.8 Å². The third-order valence-corrected chi connectivity index (χ3v) is 2.54. The van der Waals surface area contributed by atoms with Crippen molar-refractivity contribution in [3.05, 3.63) is 0 Å². The zero-order valence-electron chi connectivity index (χ0n) is 8.12. The Morgan fingerprint density at radius 1 is 1.69 bits per heavy atom. The molecule has 78 valence electrons. The molecule has 0 aromatic heterocycles. The second-order valence-corrected chi connectivity index (χ2v) is 3.82. The van der Waals surface area contributed by atoms with E-state index < -0.39 is 12.0 Å². The Labute approximate surface area is 83.3 Å². The van der Waals surface area contributed by atoms with E-state index in [9.17, 15) is 4.79 Å². The number of carbonyl (C=O) groups is 1. The highest BCUT2D eigenvalue weighted by atomic mass is 32.2. The maximum atomic E-state index is 10.4. The van der Waals surface area contributed by atoms with Crippen molar-refractivity contribution < 1.29 is 9.90 Å². The fourth-order valence-corrected chi connectivity index (χ4v) is 1.66. The van der Waals surface area contributed by atoms with Crippen molar-refractivity contribution in [3.63, 3.8) is 0 Å². The fourth-order valence-electron chi connectivity index (χ4n) is 0.903. The van der Waals surface area contributed by atoms with Crippen LogP contribution in [0.5, 0.6) is 0 Å². The third kappa shape index (κ3) is 5.90. The van der Waals surface area contributed by atoms with E-state index in [4.69, 9.17) is 10.8 Å². The first kappa shape index (κ1) is 12.7. The number of thioether (sulfide) groups is 1. The maximum absolute atomic E-state index is 10.4. The molecule has 0 saturated carbocycles. The molecule has 0 amide bonds. The van der Waals surface area contributed by atoms with Crippen molar-refractivity contribution in [2.45, 2.75) is 25.4 Å². The van der Waals surface area contributed by atoms with Crippen LogP contribution in [0.3, 0.4) is 0 Å². The number of carboxylic acid groups (broad SMARTS) is 1. The molecule has 0 aliphatic carbocycles. The lowest BCUT2D eigenvalue weighted by molar-refractivity contribution is -0.138. The van der Waals surface area contributed by atoms with Crippen LogP contribution < -0.4 is 11.1 Å². The second-order valence-electron chi connectivity index (χ2n) is 2.91. The summed E-state index contributed by atoms with van der Waals surface area (Å²) in [5, 5.41) is 11.7. The molecule has 0 heterocycles. The van der Waals surface area contributed by atoms with Gasteiger partial charge in [-0.3, -0.25) is 4.79 Å². The molecule has 4 nitrogen and oxygen atoms in total. The lowest BCUT2D eigenvalue weighted by Crippen LogP contribution is -2.44. The van der Waals surface area contributed by atoms with E-state index >= 15 is 0 Å². The molecule has 0 spiro atoms. The molecule has 0 aliphatic heterocycles. The van der Waals surface area contributed by atoms with Gasteiger partial charge in [0.2, 0.25) is 0 Å². The standard InChI is InChI=1S/C8H18N2O2S/c1-3-6(5-13-2)10-4-7(9)8(11)12/h6-7,10H,3-5,9H2,1-2H3,(H,11,12). The molecule has 0 aliphatic rings. The van der Waals surface area contributed by atoms with Crippen molar-refractivity contribution in [2.75, 3.05) is 18.6 Å². The predicted octanol–water partition coefficient (Wildman–Crippen LogP) is 0.130. The first-order valence-electron chi connectivity index (χ1n) is 4.32. The molecule has 4 N–H and O–H groups in total. The molecular formula is C8H18N2O2S. The Balaban J connectivity index is 3.64. The van der Waals surface area contributed by atoms with Crippen LogP contribution in [-0.4, -0.2) is 41.7 Å². The summed E-state index contributed by atoms with van der Waals surface area (Å²) in [7, 11) is 0. The molecule has 0 aromatic carbocycles. The van der Waals surface area contributed by atoms with Crippen LogP contribution in [0.25, 0.3) is 0 Å². The van der Waals surface area contributed by atoms with Gasteiger partial charge in [0, 0.05) is 18.3 Å². The molecule has 0 rings (SSSR count). The minimum absolute atomic E-state index is 0.342. The monoisotopic (exact) mass is 206 g/mol. The van der Waals surface area contributed by atoms with E-state index in [2.05, 4.69) is 12.2 Å². The van der Waals surface area contributed by atoms with Gasteiger partial charge >= 0.3 is 5.97 Å². The Bertz CT molecular complexity index is 155. The first-order valence-corrected chi connectivity index (χ1v) is 5.71. The van der Waals surface area contributed by atoms with Crippen LogP contribution in [0, 0.1) is 0 Å². The maximum Gasteiger partial charge on any atom is 0.321 e. The molecular weight excluding hydrogens is 188 g/mol. The lowest BCUT2D eigenvalue weighted by Gasteiger charge is -2.17. The van der Waals surface area contributed by atoms with Gasteiger partial charge in [0.05, 0.1) is 0 Å². The van der Waals surface area contributed by atoms with Crippen LogP contribution in [0.15, 0.2) is 0 Å². The van der Waals surface area contributed by atoms with Gasteiger partial charge in [-0.15, -0.1) is 0 Å². The molecule has 0 radical (unpaired) electrons. The van der Waals surface area contributed by atoms with Crippen molar-refractivity contribution >= 4 is 17.7 Å². The first-order chi connectivity index (χ1) is 6.11. The number of nitrogens with two attached hydrogens (primary N) is 1. The van der Waals surface area contributed by atoms with Crippen LogP contribution >= 0.6 is 11.8 Å². The van der Waals surface area contributed by atoms with Crippen LogP contribution in [0.2, 0.25) is 0 Å². The summed E-state index contributed by atoms with van der Waals surface area (Å²) in [5.41, 5.74) is 5.35. The molecule has 0 aromatic rings. The zero-order chi connectivity index (χ0) is 10.3.